The lowest BCUT2D eigenvalue weighted by atomic mass is 10.0. The number of hydrogen-bond acceptors (Lipinski definition) is 6. The summed E-state index contributed by atoms with van der Waals surface area (Å²) in [7, 11) is 0. The Kier molecular flexibility index (Phi) is 40.7. The van der Waals surface area contributed by atoms with E-state index >= 15 is 0 Å². The van der Waals surface area contributed by atoms with Crippen molar-refractivity contribution in [2.45, 2.75) is 226 Å². The Morgan fingerprint density at radius 3 is 1.63 bits per heavy atom. The van der Waals surface area contributed by atoms with Gasteiger partial charge in [0.1, 0.15) is 6.10 Å². The van der Waals surface area contributed by atoms with Crippen LogP contribution in [0, 0.1) is 0 Å². The Morgan fingerprint density at radius 1 is 0.593 bits per heavy atom. The molecule has 0 amide bonds. The molecule has 0 spiro atoms. The summed E-state index contributed by atoms with van der Waals surface area (Å²) in [5.74, 6) is -0.0657. The predicted molar refractivity (Wildman–Crippen MR) is 232 cm³/mol. The van der Waals surface area contributed by atoms with Crippen LogP contribution in [-0.4, -0.2) is 60.9 Å². The van der Waals surface area contributed by atoms with Crippen LogP contribution in [0.4, 0.5) is 0 Å². The van der Waals surface area contributed by atoms with E-state index in [0.29, 0.717) is 19.4 Å². The fraction of sp³-hybridized carbons (Fsp3) is 0.833. The van der Waals surface area contributed by atoms with E-state index in [1.807, 2.05) is 6.08 Å². The summed E-state index contributed by atoms with van der Waals surface area (Å²) in [6, 6.07) is 0. The highest BCUT2D eigenvalue weighted by Crippen LogP contribution is 2.19. The number of unbranched alkanes of at least 4 members (excludes halogenated alkanes) is 20. The molecule has 6 nitrogen and oxygen atoms in total. The van der Waals surface area contributed by atoms with Crippen molar-refractivity contribution < 1.29 is 24.2 Å². The highest BCUT2D eigenvalue weighted by molar-refractivity contribution is 5.69. The summed E-state index contributed by atoms with van der Waals surface area (Å²) in [6.45, 7) is 14.0. The van der Waals surface area contributed by atoms with Crippen LogP contribution >= 0.6 is 0 Å². The number of hydrogen-bond donors (Lipinski definition) is 1. The standard InChI is InChI=1S/C48H89NO5/c1-5-9-12-14-18-26-36-46(37-27-19-15-13-10-6-2)54-48(52)39-29-21-17-23-31-41-49(42-43-50)40-30-22-16-20-28-38-47(51)53-44-32-24-25-35-45(33-8-4)34-11-7-3/h8,25,33,35,46,50H,4-7,9-24,26-32,34,36-44H2,1-3H3/b35-25-,45-33-. The largest absolute Gasteiger partial charge is 0.466 e. The number of nitrogens with zero attached hydrogens (tertiary/aromatic N) is 1. The normalized spacial score (nSPS) is 12.0. The number of carbonyl (C=O) groups excluding carboxylic acids is 2. The van der Waals surface area contributed by atoms with E-state index in [9.17, 15) is 14.7 Å². The summed E-state index contributed by atoms with van der Waals surface area (Å²) in [6.07, 6.45) is 42.9. The molecule has 0 aromatic heterocycles. The van der Waals surface area contributed by atoms with E-state index in [2.05, 4.69) is 50.5 Å². The first-order valence-corrected chi connectivity index (χ1v) is 23.2. The van der Waals surface area contributed by atoms with E-state index in [1.165, 1.54) is 95.5 Å². The van der Waals surface area contributed by atoms with Crippen LogP contribution in [0.5, 0.6) is 0 Å². The van der Waals surface area contributed by atoms with Crippen molar-refractivity contribution in [2.75, 3.05) is 32.8 Å². The molecule has 0 aromatic carbocycles. The molecule has 1 N–H and O–H groups in total. The van der Waals surface area contributed by atoms with E-state index in [0.717, 1.165) is 116 Å². The summed E-state index contributed by atoms with van der Waals surface area (Å²) in [5, 5.41) is 9.57. The molecule has 0 radical (unpaired) electrons. The highest BCUT2D eigenvalue weighted by Gasteiger charge is 2.14. The monoisotopic (exact) mass is 760 g/mol. The second-order valence-electron chi connectivity index (χ2n) is 15.7. The maximum atomic E-state index is 12.7. The van der Waals surface area contributed by atoms with Gasteiger partial charge in [-0.15, -0.1) is 0 Å². The second kappa shape index (κ2) is 42.2. The zero-order valence-corrected chi connectivity index (χ0v) is 36.1. The molecule has 0 aromatic rings. The first-order valence-electron chi connectivity index (χ1n) is 23.2. The zero-order chi connectivity index (χ0) is 39.6. The van der Waals surface area contributed by atoms with Gasteiger partial charge in [-0.1, -0.05) is 161 Å². The number of aliphatic hydroxyl groups is 1. The van der Waals surface area contributed by atoms with E-state index in [1.54, 1.807) is 0 Å². The van der Waals surface area contributed by atoms with Gasteiger partial charge in [0.05, 0.1) is 13.2 Å². The van der Waals surface area contributed by atoms with Crippen LogP contribution < -0.4 is 0 Å². The van der Waals surface area contributed by atoms with Crippen molar-refractivity contribution in [3.63, 3.8) is 0 Å². The van der Waals surface area contributed by atoms with Crippen LogP contribution in [0.1, 0.15) is 220 Å². The average Bonchev–Trinajstić information content (AvgIpc) is 3.16. The molecule has 54 heavy (non-hydrogen) atoms. The van der Waals surface area contributed by atoms with E-state index in [-0.39, 0.29) is 24.6 Å². The summed E-state index contributed by atoms with van der Waals surface area (Å²) in [5.41, 5.74) is 1.31. The van der Waals surface area contributed by atoms with Crippen LogP contribution in [0.15, 0.2) is 36.5 Å². The molecule has 0 saturated heterocycles. The van der Waals surface area contributed by atoms with Crippen LogP contribution in [0.3, 0.4) is 0 Å². The van der Waals surface area contributed by atoms with Gasteiger partial charge >= 0.3 is 11.9 Å². The summed E-state index contributed by atoms with van der Waals surface area (Å²) >= 11 is 0. The molecule has 0 aliphatic rings. The third-order valence-corrected chi connectivity index (χ3v) is 10.4. The number of carbonyl (C=O) groups is 2. The van der Waals surface area contributed by atoms with Gasteiger partial charge in [0.2, 0.25) is 0 Å². The first-order chi connectivity index (χ1) is 26.5. The summed E-state index contributed by atoms with van der Waals surface area (Å²) < 4.78 is 11.5. The molecule has 0 bridgehead atoms. The maximum absolute atomic E-state index is 12.7. The molecule has 0 atom stereocenters. The van der Waals surface area contributed by atoms with Crippen molar-refractivity contribution in [2.24, 2.45) is 0 Å². The van der Waals surface area contributed by atoms with Crippen molar-refractivity contribution >= 4 is 11.9 Å². The molecule has 0 aliphatic carbocycles. The smallest absolute Gasteiger partial charge is 0.306 e. The molecular formula is C48H89NO5. The SMILES string of the molecule is C=C/C=C(\C=C/CCCOC(=O)CCCCCCCN(CCO)CCCCCCCC(=O)OC(CCCCCCCC)CCCCCCCC)CCCC. The second-order valence-corrected chi connectivity index (χ2v) is 15.7. The Hall–Kier alpha value is -1.92. The quantitative estimate of drug-likeness (QED) is 0.0379. The van der Waals surface area contributed by atoms with Gasteiger partial charge in [-0.2, -0.15) is 0 Å². The Labute approximate surface area is 335 Å². The average molecular weight is 760 g/mol. The van der Waals surface area contributed by atoms with Crippen molar-refractivity contribution in [1.29, 1.82) is 0 Å². The number of aliphatic hydroxyl groups excluding tert-OH is 1. The molecule has 0 heterocycles. The van der Waals surface area contributed by atoms with Gasteiger partial charge in [-0.25, -0.2) is 0 Å². The van der Waals surface area contributed by atoms with Crippen LogP contribution in [0.25, 0.3) is 0 Å². The van der Waals surface area contributed by atoms with E-state index < -0.39 is 0 Å². The molecule has 0 aliphatic heterocycles. The maximum Gasteiger partial charge on any atom is 0.306 e. The molecule has 0 fully saturated rings. The lowest BCUT2D eigenvalue weighted by molar-refractivity contribution is -0.150. The van der Waals surface area contributed by atoms with E-state index in [4.69, 9.17) is 9.47 Å². The fourth-order valence-corrected chi connectivity index (χ4v) is 7.01. The third kappa shape index (κ3) is 37.0. The molecule has 6 heteroatoms. The minimum Gasteiger partial charge on any atom is -0.466 e. The minimum atomic E-state index is -0.0746. The summed E-state index contributed by atoms with van der Waals surface area (Å²) in [4.78, 5) is 27.2. The highest BCUT2D eigenvalue weighted by atomic mass is 16.5. The molecular weight excluding hydrogens is 671 g/mol. The Morgan fingerprint density at radius 2 is 1.09 bits per heavy atom. The molecule has 316 valence electrons. The Balaban J connectivity index is 4.01. The fourth-order valence-electron chi connectivity index (χ4n) is 7.01. The lowest BCUT2D eigenvalue weighted by Crippen LogP contribution is -2.29. The first kappa shape index (κ1) is 52.1. The minimum absolute atomic E-state index is 0.00886. The number of esters is 2. The Bertz CT molecular complexity index is 884. The van der Waals surface area contributed by atoms with Crippen LogP contribution in [0.2, 0.25) is 0 Å². The predicted octanol–water partition coefficient (Wildman–Crippen LogP) is 13.6. The topological polar surface area (TPSA) is 76.1 Å². The molecule has 0 unspecified atom stereocenters. The van der Waals surface area contributed by atoms with Gasteiger partial charge in [0.25, 0.3) is 0 Å². The van der Waals surface area contributed by atoms with Crippen molar-refractivity contribution in [3.8, 4) is 0 Å². The zero-order valence-electron chi connectivity index (χ0n) is 36.1. The lowest BCUT2D eigenvalue weighted by Gasteiger charge is -2.21. The molecule has 0 rings (SSSR count). The number of rotatable bonds is 42. The molecule has 0 saturated carbocycles. The van der Waals surface area contributed by atoms with Gasteiger partial charge in [0.15, 0.2) is 0 Å². The number of ether oxygens (including phenoxy) is 2. The van der Waals surface area contributed by atoms with Gasteiger partial charge in [0, 0.05) is 19.4 Å². The van der Waals surface area contributed by atoms with Gasteiger partial charge in [-0.05, 0) is 95.7 Å². The van der Waals surface area contributed by atoms with Crippen LogP contribution in [-0.2, 0) is 19.1 Å². The van der Waals surface area contributed by atoms with Gasteiger partial charge < -0.3 is 19.5 Å². The number of allylic oxidation sites excluding steroid dienone is 5. The van der Waals surface area contributed by atoms with Crippen molar-refractivity contribution in [3.05, 3.63) is 36.5 Å². The van der Waals surface area contributed by atoms with Crippen molar-refractivity contribution in [1.82, 2.24) is 4.90 Å². The van der Waals surface area contributed by atoms with Gasteiger partial charge in [-0.3, -0.25) is 9.59 Å². The third-order valence-electron chi connectivity index (χ3n) is 10.4.